The van der Waals surface area contributed by atoms with Crippen LogP contribution in [0.3, 0.4) is 0 Å². The first kappa shape index (κ1) is 25.3. The topological polar surface area (TPSA) is 102 Å². The number of sulfonamides is 1. The minimum atomic E-state index is -5.27. The molecular formula is C21H20F4N2O6S. The van der Waals surface area contributed by atoms with Crippen molar-refractivity contribution in [3.05, 3.63) is 48.3 Å². The van der Waals surface area contributed by atoms with Crippen molar-refractivity contribution >= 4 is 33.3 Å². The van der Waals surface area contributed by atoms with E-state index in [0.29, 0.717) is 10.7 Å². The van der Waals surface area contributed by atoms with Gasteiger partial charge in [-0.25, -0.2) is 17.6 Å². The Kier molecular flexibility index (Phi) is 7.05. The Bertz CT molecular complexity index is 1180. The molecule has 3 rings (SSSR count). The number of nitrogens with zero attached hydrogens (tertiary/aromatic N) is 1. The molecule has 0 radical (unpaired) electrons. The van der Waals surface area contributed by atoms with E-state index in [0.717, 1.165) is 36.4 Å². The third-order valence-corrected chi connectivity index (χ3v) is 6.73. The molecule has 2 aromatic rings. The highest BCUT2D eigenvalue weighted by molar-refractivity contribution is 7.92. The number of nitrogens with one attached hydrogen (secondary N) is 1. The van der Waals surface area contributed by atoms with Crippen LogP contribution >= 0.6 is 0 Å². The molecule has 0 fully saturated rings. The number of benzene rings is 2. The monoisotopic (exact) mass is 504 g/mol. The van der Waals surface area contributed by atoms with Gasteiger partial charge in [0, 0.05) is 5.69 Å². The van der Waals surface area contributed by atoms with Crippen molar-refractivity contribution in [2.24, 2.45) is 0 Å². The zero-order valence-electron chi connectivity index (χ0n) is 17.9. The molecule has 0 spiro atoms. The molecule has 1 aliphatic heterocycles. The van der Waals surface area contributed by atoms with Crippen LogP contribution in [0.25, 0.3) is 0 Å². The quantitative estimate of drug-likeness (QED) is 0.590. The van der Waals surface area contributed by atoms with Crippen LogP contribution in [-0.2, 0) is 19.6 Å². The van der Waals surface area contributed by atoms with Gasteiger partial charge in [-0.1, -0.05) is 6.92 Å². The Morgan fingerprint density at radius 3 is 2.44 bits per heavy atom. The third-order valence-electron chi connectivity index (χ3n) is 4.93. The van der Waals surface area contributed by atoms with Crippen molar-refractivity contribution in [2.45, 2.75) is 43.5 Å². The maximum absolute atomic E-state index is 13.3. The molecule has 1 N–H and O–H groups in total. The number of halogens is 4. The van der Waals surface area contributed by atoms with Crippen molar-refractivity contribution in [2.75, 3.05) is 16.2 Å². The number of ether oxygens (including phenoxy) is 2. The molecule has 8 nitrogen and oxygen atoms in total. The lowest BCUT2D eigenvalue weighted by Crippen LogP contribution is -2.50. The molecule has 2 atom stereocenters. The summed E-state index contributed by atoms with van der Waals surface area (Å²) >= 11 is 0. The first-order valence-electron chi connectivity index (χ1n) is 10.0. The molecule has 13 heteroatoms. The van der Waals surface area contributed by atoms with Gasteiger partial charge in [0.25, 0.3) is 15.8 Å². The first-order valence-corrected chi connectivity index (χ1v) is 11.4. The van der Waals surface area contributed by atoms with Gasteiger partial charge in [0.2, 0.25) is 0 Å². The fourth-order valence-electron chi connectivity index (χ4n) is 3.02. The molecule has 184 valence electrons. The number of hydrogen-bond acceptors (Lipinski definition) is 6. The number of amides is 1. The zero-order chi connectivity index (χ0) is 25.3. The van der Waals surface area contributed by atoms with Crippen LogP contribution in [-0.4, -0.2) is 45.2 Å². The molecule has 2 aromatic carbocycles. The normalized spacial score (nSPS) is 16.8. The van der Waals surface area contributed by atoms with Crippen molar-refractivity contribution < 1.29 is 45.0 Å². The number of carbonyl (C=O) groups is 2. The number of carbonyl (C=O) groups excluding carboxylic acids is 2. The smallest absolute Gasteiger partial charge is 0.454 e. The standard InChI is InChI=1S/C21H20F4N2O6S/c1-3-12(2)32-20(29)26-14-6-9-17-16(10-14)27(11-18(33-17)19(28)21(23,24)25)34(30,31)15-7-4-13(22)5-8-15/h4-10,12,18H,3,11H2,1-2H3,(H,26,29). The van der Waals surface area contributed by atoms with Crippen LogP contribution < -0.4 is 14.4 Å². The highest BCUT2D eigenvalue weighted by Gasteiger charge is 2.48. The van der Waals surface area contributed by atoms with Crippen LogP contribution in [0.1, 0.15) is 20.3 Å². The van der Waals surface area contributed by atoms with Gasteiger partial charge in [-0.15, -0.1) is 0 Å². The number of hydrogen-bond donors (Lipinski definition) is 1. The molecule has 1 amide bonds. The fraction of sp³-hybridized carbons (Fsp3) is 0.333. The second-order valence-corrected chi connectivity index (χ2v) is 9.25. The lowest BCUT2D eigenvalue weighted by molar-refractivity contribution is -0.178. The van der Waals surface area contributed by atoms with Crippen LogP contribution in [0.5, 0.6) is 5.75 Å². The average molecular weight is 504 g/mol. The van der Waals surface area contributed by atoms with Crippen LogP contribution in [0.4, 0.5) is 33.7 Å². The summed E-state index contributed by atoms with van der Waals surface area (Å²) in [7, 11) is -4.55. The first-order chi connectivity index (χ1) is 15.8. The Morgan fingerprint density at radius 1 is 1.21 bits per heavy atom. The summed E-state index contributed by atoms with van der Waals surface area (Å²) in [6.45, 7) is 2.46. The molecule has 1 aliphatic rings. The van der Waals surface area contributed by atoms with Crippen LogP contribution in [0.15, 0.2) is 47.4 Å². The summed E-state index contributed by atoms with van der Waals surface area (Å²) in [6, 6.07) is 7.14. The predicted octanol–water partition coefficient (Wildman–Crippen LogP) is 4.26. The molecule has 1 heterocycles. The number of Topliss-reactive ketones (excluding diaryl/α,β-unsaturated/α-hetero) is 1. The van der Waals surface area contributed by atoms with Crippen molar-refractivity contribution in [1.82, 2.24) is 0 Å². The molecule has 2 unspecified atom stereocenters. The van der Waals surface area contributed by atoms with E-state index >= 15 is 0 Å². The van der Waals surface area contributed by atoms with E-state index in [1.165, 1.54) is 6.07 Å². The van der Waals surface area contributed by atoms with E-state index in [1.807, 2.05) is 0 Å². The van der Waals surface area contributed by atoms with Gasteiger partial charge < -0.3 is 9.47 Å². The van der Waals surface area contributed by atoms with Gasteiger partial charge in [0.05, 0.1) is 17.1 Å². The molecule has 0 aromatic heterocycles. The Balaban J connectivity index is 2.03. The second kappa shape index (κ2) is 9.49. The summed E-state index contributed by atoms with van der Waals surface area (Å²) in [5, 5.41) is 2.40. The van der Waals surface area contributed by atoms with E-state index < -0.39 is 57.5 Å². The summed E-state index contributed by atoms with van der Waals surface area (Å²) in [6.07, 6.45) is -8.12. The molecule has 0 saturated heterocycles. The molecule has 0 bridgehead atoms. The Hall–Kier alpha value is -3.35. The minimum Gasteiger partial charge on any atom is -0.478 e. The second-order valence-electron chi connectivity index (χ2n) is 7.39. The highest BCUT2D eigenvalue weighted by Crippen LogP contribution is 2.40. The van der Waals surface area contributed by atoms with Gasteiger partial charge in [0.1, 0.15) is 17.7 Å². The lowest BCUT2D eigenvalue weighted by atomic mass is 10.1. The SMILES string of the molecule is CCC(C)OC(=O)Nc1ccc2c(c1)N(S(=O)(=O)c1ccc(F)cc1)CC(C(=O)C(F)(F)F)O2. The van der Waals surface area contributed by atoms with E-state index in [9.17, 15) is 35.6 Å². The van der Waals surface area contributed by atoms with Crippen molar-refractivity contribution in [3.63, 3.8) is 0 Å². The summed E-state index contributed by atoms with van der Waals surface area (Å²) < 4.78 is 89.7. The van der Waals surface area contributed by atoms with Gasteiger partial charge in [-0.3, -0.25) is 14.4 Å². The van der Waals surface area contributed by atoms with Crippen LogP contribution in [0, 0.1) is 5.82 Å². The maximum Gasteiger partial charge on any atom is 0.454 e. The molecular weight excluding hydrogens is 484 g/mol. The summed E-state index contributed by atoms with van der Waals surface area (Å²) in [4.78, 5) is 23.4. The lowest BCUT2D eigenvalue weighted by Gasteiger charge is -2.35. The number of fused-ring (bicyclic) bond motifs is 1. The number of rotatable bonds is 6. The maximum atomic E-state index is 13.3. The number of anilines is 2. The van der Waals surface area contributed by atoms with Crippen molar-refractivity contribution in [1.29, 1.82) is 0 Å². The Morgan fingerprint density at radius 2 is 1.85 bits per heavy atom. The van der Waals surface area contributed by atoms with E-state index in [2.05, 4.69) is 5.32 Å². The fourth-order valence-corrected chi connectivity index (χ4v) is 4.49. The van der Waals surface area contributed by atoms with Crippen molar-refractivity contribution in [3.8, 4) is 5.75 Å². The third kappa shape index (κ3) is 5.41. The van der Waals surface area contributed by atoms with Gasteiger partial charge in [-0.05, 0) is 55.8 Å². The van der Waals surface area contributed by atoms with E-state index in [-0.39, 0.29) is 17.1 Å². The Labute approximate surface area is 192 Å². The zero-order valence-corrected chi connectivity index (χ0v) is 18.7. The van der Waals surface area contributed by atoms with Gasteiger partial charge in [0.15, 0.2) is 6.10 Å². The minimum absolute atomic E-state index is 0.0653. The summed E-state index contributed by atoms with van der Waals surface area (Å²) in [5.41, 5.74) is -0.160. The largest absolute Gasteiger partial charge is 0.478 e. The van der Waals surface area contributed by atoms with E-state index in [1.54, 1.807) is 13.8 Å². The summed E-state index contributed by atoms with van der Waals surface area (Å²) in [5.74, 6) is -3.32. The predicted molar refractivity (Wildman–Crippen MR) is 113 cm³/mol. The molecule has 0 saturated carbocycles. The van der Waals surface area contributed by atoms with E-state index in [4.69, 9.17) is 9.47 Å². The number of alkyl halides is 3. The number of ketones is 1. The molecule has 0 aliphatic carbocycles. The highest BCUT2D eigenvalue weighted by atomic mass is 32.2. The van der Waals surface area contributed by atoms with Gasteiger partial charge >= 0.3 is 12.3 Å². The molecule has 34 heavy (non-hydrogen) atoms. The van der Waals surface area contributed by atoms with Gasteiger partial charge in [-0.2, -0.15) is 13.2 Å². The van der Waals surface area contributed by atoms with Crippen LogP contribution in [0.2, 0.25) is 0 Å². The average Bonchev–Trinajstić information content (AvgIpc) is 2.77.